The fourth-order valence-corrected chi connectivity index (χ4v) is 4.35. The van der Waals surface area contributed by atoms with Gasteiger partial charge in [0.05, 0.1) is 12.7 Å². The summed E-state index contributed by atoms with van der Waals surface area (Å²) in [5.74, 6) is 1.53. The average molecular weight is 473 g/mol. The van der Waals surface area contributed by atoms with E-state index >= 15 is 0 Å². The Kier molecular flexibility index (Phi) is 9.98. The molecule has 0 saturated carbocycles. The van der Waals surface area contributed by atoms with E-state index in [-0.39, 0.29) is 30.7 Å². The monoisotopic (exact) mass is 472 g/mol. The van der Waals surface area contributed by atoms with Gasteiger partial charge in [0, 0.05) is 18.4 Å². The van der Waals surface area contributed by atoms with Crippen LogP contribution >= 0.6 is 0 Å². The molecule has 0 aliphatic carbocycles. The molecule has 2 aromatic carbocycles. The first-order chi connectivity index (χ1) is 16.0. The first kappa shape index (κ1) is 28.2. The maximum atomic E-state index is 10.3. The molecule has 34 heavy (non-hydrogen) atoms. The van der Waals surface area contributed by atoms with Crippen molar-refractivity contribution in [3.63, 3.8) is 0 Å². The molecule has 0 unspecified atom stereocenters. The second-order valence-corrected chi connectivity index (χ2v) is 10.4. The highest BCUT2D eigenvalue weighted by atomic mass is 16.5. The molecule has 3 N–H and O–H groups in total. The van der Waals surface area contributed by atoms with Gasteiger partial charge in [-0.2, -0.15) is 0 Å². The first-order valence-electron chi connectivity index (χ1n) is 12.4. The zero-order valence-electron chi connectivity index (χ0n) is 22.0. The van der Waals surface area contributed by atoms with Gasteiger partial charge in [0.25, 0.3) is 0 Å². The average Bonchev–Trinajstić information content (AvgIpc) is 2.80. The molecular formula is C29H44O5. The Labute approximate surface area is 205 Å². The van der Waals surface area contributed by atoms with Crippen molar-refractivity contribution in [2.75, 3.05) is 19.8 Å². The third-order valence-electron chi connectivity index (χ3n) is 7.01. The van der Waals surface area contributed by atoms with Crippen LogP contribution in [0.1, 0.15) is 76.1 Å². The summed E-state index contributed by atoms with van der Waals surface area (Å²) in [4.78, 5) is 0. The summed E-state index contributed by atoms with van der Waals surface area (Å²) < 4.78 is 11.9. The van der Waals surface area contributed by atoms with E-state index in [4.69, 9.17) is 9.47 Å². The molecule has 0 aromatic heterocycles. The van der Waals surface area contributed by atoms with E-state index in [1.165, 1.54) is 11.1 Å². The molecule has 0 radical (unpaired) electrons. The molecule has 0 aliphatic heterocycles. The summed E-state index contributed by atoms with van der Waals surface area (Å²) in [5, 5.41) is 29.0. The van der Waals surface area contributed by atoms with E-state index in [9.17, 15) is 15.3 Å². The molecule has 0 spiro atoms. The lowest BCUT2D eigenvalue weighted by atomic mass is 9.70. The van der Waals surface area contributed by atoms with Gasteiger partial charge >= 0.3 is 0 Å². The lowest BCUT2D eigenvalue weighted by Gasteiger charge is -2.34. The van der Waals surface area contributed by atoms with Crippen LogP contribution in [0, 0.1) is 19.3 Å². The van der Waals surface area contributed by atoms with Crippen molar-refractivity contribution < 1.29 is 24.8 Å². The highest BCUT2D eigenvalue weighted by Gasteiger charge is 2.32. The standard InChI is InChI=1S/C29H44O5/c1-8-29(9-2,23-11-13-26(21(4)17-23)34-24(18-31)14-15-30)22-10-12-25(20(3)16-22)33-19-27(32)28(5,6)7/h10-13,16-17,24,27,30-32H,8-9,14-15,18-19H2,1-7H3/t24-,27+/m1/s1. The van der Waals surface area contributed by atoms with Crippen LogP contribution in [0.25, 0.3) is 0 Å². The number of rotatable bonds is 12. The highest BCUT2D eigenvalue weighted by molar-refractivity contribution is 5.48. The molecule has 0 heterocycles. The third kappa shape index (κ3) is 6.53. The van der Waals surface area contributed by atoms with Crippen molar-refractivity contribution in [3.05, 3.63) is 58.7 Å². The van der Waals surface area contributed by atoms with Crippen LogP contribution in [0.5, 0.6) is 11.5 Å². The van der Waals surface area contributed by atoms with Crippen LogP contribution in [0.4, 0.5) is 0 Å². The summed E-state index contributed by atoms with van der Waals surface area (Å²) in [5.41, 5.74) is 4.14. The number of benzene rings is 2. The Balaban J connectivity index is 2.33. The molecule has 0 saturated heterocycles. The molecule has 0 amide bonds. The minimum Gasteiger partial charge on any atom is -0.491 e. The fourth-order valence-electron chi connectivity index (χ4n) is 4.35. The zero-order chi connectivity index (χ0) is 25.5. The molecule has 2 atom stereocenters. The predicted octanol–water partition coefficient (Wildman–Crippen LogP) is 5.32. The van der Waals surface area contributed by atoms with Crippen molar-refractivity contribution in [2.45, 2.75) is 85.4 Å². The Morgan fingerprint density at radius 3 is 1.79 bits per heavy atom. The molecule has 2 aromatic rings. The second-order valence-electron chi connectivity index (χ2n) is 10.4. The van der Waals surface area contributed by atoms with Crippen LogP contribution in [0.15, 0.2) is 36.4 Å². The van der Waals surface area contributed by atoms with Gasteiger partial charge in [-0.25, -0.2) is 0 Å². The Morgan fingerprint density at radius 1 is 0.853 bits per heavy atom. The Morgan fingerprint density at radius 2 is 1.38 bits per heavy atom. The van der Waals surface area contributed by atoms with Gasteiger partial charge in [-0.1, -0.05) is 58.9 Å². The molecule has 0 bridgehead atoms. The minimum absolute atomic E-state index is 0.0225. The number of aliphatic hydroxyl groups excluding tert-OH is 3. The van der Waals surface area contributed by atoms with E-state index in [1.54, 1.807) is 0 Å². The van der Waals surface area contributed by atoms with Gasteiger partial charge in [0.2, 0.25) is 0 Å². The smallest absolute Gasteiger partial charge is 0.124 e. The van der Waals surface area contributed by atoms with Gasteiger partial charge in [-0.3, -0.25) is 0 Å². The second kappa shape index (κ2) is 12.1. The number of hydrogen-bond acceptors (Lipinski definition) is 5. The van der Waals surface area contributed by atoms with Crippen molar-refractivity contribution in [3.8, 4) is 11.5 Å². The molecule has 5 nitrogen and oxygen atoms in total. The molecule has 5 heteroatoms. The van der Waals surface area contributed by atoms with Crippen LogP contribution in [0.2, 0.25) is 0 Å². The van der Waals surface area contributed by atoms with Crippen molar-refractivity contribution in [1.29, 1.82) is 0 Å². The van der Waals surface area contributed by atoms with E-state index in [0.717, 1.165) is 35.5 Å². The Hall–Kier alpha value is -2.08. The zero-order valence-corrected chi connectivity index (χ0v) is 22.0. The largest absolute Gasteiger partial charge is 0.491 e. The van der Waals surface area contributed by atoms with Crippen molar-refractivity contribution in [1.82, 2.24) is 0 Å². The lowest BCUT2D eigenvalue weighted by molar-refractivity contribution is 0.0216. The highest BCUT2D eigenvalue weighted by Crippen LogP contribution is 2.41. The fraction of sp³-hybridized carbons (Fsp3) is 0.586. The summed E-state index contributed by atoms with van der Waals surface area (Å²) in [6, 6.07) is 12.6. The summed E-state index contributed by atoms with van der Waals surface area (Å²) in [6.45, 7) is 14.6. The maximum Gasteiger partial charge on any atom is 0.124 e. The SMILES string of the molecule is CCC(CC)(c1ccc(OC[C@H](O)C(C)(C)C)c(C)c1)c1ccc(O[C@@H](CO)CCO)c(C)c1. The number of aliphatic hydroxyl groups is 3. The first-order valence-corrected chi connectivity index (χ1v) is 12.4. The van der Waals surface area contributed by atoms with Gasteiger partial charge in [0.1, 0.15) is 24.2 Å². The summed E-state index contributed by atoms with van der Waals surface area (Å²) >= 11 is 0. The molecule has 0 aliphatic rings. The predicted molar refractivity (Wildman–Crippen MR) is 138 cm³/mol. The van der Waals surface area contributed by atoms with Gasteiger partial charge in [0.15, 0.2) is 0 Å². The van der Waals surface area contributed by atoms with Crippen LogP contribution < -0.4 is 9.47 Å². The number of ether oxygens (including phenoxy) is 2. The van der Waals surface area contributed by atoms with Crippen LogP contribution in [0.3, 0.4) is 0 Å². The number of hydrogen-bond donors (Lipinski definition) is 3. The summed E-state index contributed by atoms with van der Waals surface area (Å²) in [6.07, 6.45) is 1.32. The van der Waals surface area contributed by atoms with Gasteiger partial charge < -0.3 is 24.8 Å². The Bertz CT molecular complexity index is 911. The van der Waals surface area contributed by atoms with E-state index in [2.05, 4.69) is 45.0 Å². The maximum absolute atomic E-state index is 10.3. The molecule has 190 valence electrons. The summed E-state index contributed by atoms with van der Waals surface area (Å²) in [7, 11) is 0. The van der Waals surface area contributed by atoms with Crippen molar-refractivity contribution >= 4 is 0 Å². The van der Waals surface area contributed by atoms with Gasteiger partial charge in [-0.05, 0) is 66.5 Å². The molecule has 2 rings (SSSR count). The quantitative estimate of drug-likeness (QED) is 0.390. The normalized spacial score (nSPS) is 14.1. The van der Waals surface area contributed by atoms with E-state index in [1.807, 2.05) is 39.8 Å². The van der Waals surface area contributed by atoms with Crippen LogP contribution in [-0.2, 0) is 5.41 Å². The van der Waals surface area contributed by atoms with Crippen LogP contribution in [-0.4, -0.2) is 47.3 Å². The number of aryl methyl sites for hydroxylation is 2. The van der Waals surface area contributed by atoms with Crippen molar-refractivity contribution in [2.24, 2.45) is 5.41 Å². The lowest BCUT2D eigenvalue weighted by Crippen LogP contribution is -2.32. The molecule has 0 fully saturated rings. The van der Waals surface area contributed by atoms with E-state index in [0.29, 0.717) is 6.42 Å². The van der Waals surface area contributed by atoms with Gasteiger partial charge in [-0.15, -0.1) is 0 Å². The van der Waals surface area contributed by atoms with E-state index < -0.39 is 12.2 Å². The minimum atomic E-state index is -0.538. The third-order valence-corrected chi connectivity index (χ3v) is 7.01. The molecular weight excluding hydrogens is 428 g/mol. The topological polar surface area (TPSA) is 79.2 Å².